The van der Waals surface area contributed by atoms with Crippen LogP contribution in [0.5, 0.6) is 0 Å². The zero-order valence-electron chi connectivity index (χ0n) is 15.1. The van der Waals surface area contributed by atoms with Crippen LogP contribution in [0.1, 0.15) is 35.2 Å². The van der Waals surface area contributed by atoms with Crippen molar-refractivity contribution in [1.29, 1.82) is 0 Å². The van der Waals surface area contributed by atoms with Gasteiger partial charge in [0.25, 0.3) is 5.91 Å². The van der Waals surface area contributed by atoms with Crippen LogP contribution in [0.25, 0.3) is 0 Å². The van der Waals surface area contributed by atoms with Crippen LogP contribution >= 0.6 is 24.8 Å². The smallest absolute Gasteiger partial charge is 0.253 e. The largest absolute Gasteiger partial charge is 0.339 e. The molecule has 2 heterocycles. The topological polar surface area (TPSA) is 50.2 Å². The number of carbonyl (C=O) groups is 1. The number of amides is 1. The number of carbonyl (C=O) groups excluding carboxylic acids is 1. The van der Waals surface area contributed by atoms with Crippen LogP contribution in [0.2, 0.25) is 0 Å². The maximum atomic E-state index is 12.6. The molecule has 0 atom stereocenters. The van der Waals surface area contributed by atoms with Crippen molar-refractivity contribution in [3.8, 4) is 0 Å². The van der Waals surface area contributed by atoms with E-state index in [1.807, 2.05) is 47.0 Å². The van der Waals surface area contributed by atoms with Crippen molar-refractivity contribution in [3.63, 3.8) is 0 Å². The van der Waals surface area contributed by atoms with E-state index in [2.05, 4.69) is 10.3 Å². The molecule has 2 aromatic rings. The number of likely N-dealkylation sites (tertiary alicyclic amines) is 1. The number of nitrogens with one attached hydrogen (secondary N) is 1. The van der Waals surface area contributed by atoms with Crippen molar-refractivity contribution < 1.29 is 4.79 Å². The van der Waals surface area contributed by atoms with Gasteiger partial charge in [0, 0.05) is 37.6 Å². The van der Waals surface area contributed by atoms with Crippen LogP contribution < -0.4 is 5.32 Å². The van der Waals surface area contributed by atoms with Gasteiger partial charge in [-0.15, -0.1) is 24.8 Å². The summed E-state index contributed by atoms with van der Waals surface area (Å²) in [6.07, 6.45) is 8.96. The maximum absolute atomic E-state index is 12.6. The molecule has 0 saturated carbocycles. The van der Waals surface area contributed by atoms with Crippen molar-refractivity contribution in [2.24, 2.45) is 5.92 Å². The summed E-state index contributed by atoms with van der Waals surface area (Å²) in [4.78, 5) is 18.7. The first-order valence-electron chi connectivity index (χ1n) is 8.75. The third kappa shape index (κ3) is 6.01. The van der Waals surface area contributed by atoms with Crippen molar-refractivity contribution in [2.45, 2.75) is 25.8 Å². The highest BCUT2D eigenvalue weighted by Crippen LogP contribution is 2.21. The lowest BCUT2D eigenvalue weighted by atomic mass is 9.93. The molecule has 0 unspecified atom stereocenters. The van der Waals surface area contributed by atoms with Crippen molar-refractivity contribution in [3.05, 3.63) is 54.1 Å². The number of nitrogens with zero attached hydrogens (tertiary/aromatic N) is 3. The van der Waals surface area contributed by atoms with Crippen molar-refractivity contribution in [2.75, 3.05) is 26.7 Å². The van der Waals surface area contributed by atoms with Gasteiger partial charge in [-0.05, 0) is 56.5 Å². The Hall–Kier alpha value is -1.56. The molecule has 0 radical (unpaired) electrons. The molecule has 0 bridgehead atoms. The monoisotopic (exact) mass is 398 g/mol. The average Bonchev–Trinajstić information content (AvgIpc) is 3.13. The molecule has 3 rings (SSSR count). The second-order valence-electron chi connectivity index (χ2n) is 6.56. The lowest BCUT2D eigenvalue weighted by Crippen LogP contribution is -2.38. The molecular formula is C19H28Cl2N4O. The van der Waals surface area contributed by atoms with Gasteiger partial charge in [-0.25, -0.2) is 4.98 Å². The highest BCUT2D eigenvalue weighted by Gasteiger charge is 2.23. The number of halogens is 2. The fraction of sp³-hybridized carbons (Fsp3) is 0.474. The zero-order chi connectivity index (χ0) is 16.8. The summed E-state index contributed by atoms with van der Waals surface area (Å²) in [6, 6.07) is 7.96. The summed E-state index contributed by atoms with van der Waals surface area (Å²) in [6.45, 7) is 3.61. The first-order valence-corrected chi connectivity index (χ1v) is 8.75. The first-order chi connectivity index (χ1) is 11.8. The van der Waals surface area contributed by atoms with E-state index in [-0.39, 0.29) is 30.7 Å². The van der Waals surface area contributed by atoms with Crippen molar-refractivity contribution >= 4 is 30.7 Å². The van der Waals surface area contributed by atoms with Crippen LogP contribution in [-0.2, 0) is 6.54 Å². The van der Waals surface area contributed by atoms with Crippen molar-refractivity contribution in [1.82, 2.24) is 19.8 Å². The van der Waals surface area contributed by atoms with E-state index in [1.165, 1.54) is 12.0 Å². The molecule has 1 aromatic heterocycles. The van der Waals surface area contributed by atoms with Gasteiger partial charge in [0.05, 0.1) is 6.33 Å². The van der Waals surface area contributed by atoms with Gasteiger partial charge in [0.2, 0.25) is 0 Å². The van der Waals surface area contributed by atoms with E-state index >= 15 is 0 Å². The molecule has 1 fully saturated rings. The maximum Gasteiger partial charge on any atom is 0.253 e. The van der Waals surface area contributed by atoms with Crippen LogP contribution in [-0.4, -0.2) is 47.0 Å². The van der Waals surface area contributed by atoms with Gasteiger partial charge in [0.15, 0.2) is 0 Å². The quantitative estimate of drug-likeness (QED) is 0.812. The number of hydrogen-bond donors (Lipinski definition) is 1. The van der Waals surface area contributed by atoms with Gasteiger partial charge in [-0.2, -0.15) is 0 Å². The molecule has 7 heteroatoms. The molecular weight excluding hydrogens is 371 g/mol. The Morgan fingerprint density at radius 3 is 2.46 bits per heavy atom. The van der Waals surface area contributed by atoms with Gasteiger partial charge in [-0.1, -0.05) is 12.1 Å². The normalized spacial score (nSPS) is 14.4. The van der Waals surface area contributed by atoms with E-state index in [9.17, 15) is 4.79 Å². The molecule has 0 spiro atoms. The van der Waals surface area contributed by atoms with E-state index in [0.29, 0.717) is 0 Å². The molecule has 1 N–H and O–H groups in total. The second-order valence-corrected chi connectivity index (χ2v) is 6.56. The molecule has 1 aliphatic rings. The SMILES string of the molecule is CNCCC1CCN(C(=O)c2ccc(Cn3ccnc3)cc2)CC1.Cl.Cl. The van der Waals surface area contributed by atoms with E-state index < -0.39 is 0 Å². The molecule has 5 nitrogen and oxygen atoms in total. The Labute approximate surface area is 168 Å². The molecule has 26 heavy (non-hydrogen) atoms. The first kappa shape index (κ1) is 22.5. The zero-order valence-corrected chi connectivity index (χ0v) is 16.8. The summed E-state index contributed by atoms with van der Waals surface area (Å²) in [5, 5.41) is 3.21. The van der Waals surface area contributed by atoms with Gasteiger partial charge < -0.3 is 14.8 Å². The summed E-state index contributed by atoms with van der Waals surface area (Å²) in [5.74, 6) is 0.912. The highest BCUT2D eigenvalue weighted by molar-refractivity contribution is 5.94. The second kappa shape index (κ2) is 11.2. The third-order valence-corrected chi connectivity index (χ3v) is 4.83. The molecule has 1 aromatic carbocycles. The molecule has 1 aliphatic heterocycles. The summed E-state index contributed by atoms with van der Waals surface area (Å²) < 4.78 is 2.02. The number of hydrogen-bond acceptors (Lipinski definition) is 3. The number of imidazole rings is 1. The molecule has 1 saturated heterocycles. The summed E-state index contributed by atoms with van der Waals surface area (Å²) in [5.41, 5.74) is 1.97. The Kier molecular flexibility index (Phi) is 9.70. The predicted octanol–water partition coefficient (Wildman–Crippen LogP) is 3.24. The lowest BCUT2D eigenvalue weighted by molar-refractivity contribution is 0.0687. The van der Waals surface area contributed by atoms with E-state index in [1.54, 1.807) is 12.5 Å². The minimum absolute atomic E-state index is 0. The van der Waals surface area contributed by atoms with E-state index in [4.69, 9.17) is 0 Å². The Balaban J connectivity index is 0.00000169. The van der Waals surface area contributed by atoms with Gasteiger partial charge in [0.1, 0.15) is 0 Å². The number of piperidine rings is 1. The number of rotatable bonds is 6. The lowest BCUT2D eigenvalue weighted by Gasteiger charge is -2.32. The van der Waals surface area contributed by atoms with E-state index in [0.717, 1.165) is 50.5 Å². The Morgan fingerprint density at radius 1 is 1.19 bits per heavy atom. The molecule has 144 valence electrons. The standard InChI is InChI=1S/C19H26N4O.2ClH/c1-20-9-6-16-7-11-23(12-8-16)19(24)18-4-2-17(3-5-18)14-22-13-10-21-15-22;;/h2-5,10,13,15-16,20H,6-9,11-12,14H2,1H3;2*1H. The fourth-order valence-electron chi connectivity index (χ4n) is 3.30. The molecule has 0 aliphatic carbocycles. The van der Waals surface area contributed by atoms with Gasteiger partial charge in [-0.3, -0.25) is 4.79 Å². The fourth-order valence-corrected chi connectivity index (χ4v) is 3.30. The van der Waals surface area contributed by atoms with Crippen LogP contribution in [0.3, 0.4) is 0 Å². The Morgan fingerprint density at radius 2 is 1.88 bits per heavy atom. The van der Waals surface area contributed by atoms with Crippen LogP contribution in [0.4, 0.5) is 0 Å². The third-order valence-electron chi connectivity index (χ3n) is 4.83. The average molecular weight is 399 g/mol. The summed E-state index contributed by atoms with van der Waals surface area (Å²) >= 11 is 0. The predicted molar refractivity (Wildman–Crippen MR) is 109 cm³/mol. The molecule has 1 amide bonds. The number of aromatic nitrogens is 2. The minimum atomic E-state index is 0. The summed E-state index contributed by atoms with van der Waals surface area (Å²) in [7, 11) is 2.00. The van der Waals surface area contributed by atoms with Crippen LogP contribution in [0.15, 0.2) is 43.0 Å². The van der Waals surface area contributed by atoms with Crippen LogP contribution in [0, 0.1) is 5.92 Å². The Bertz CT molecular complexity index is 638. The highest BCUT2D eigenvalue weighted by atomic mass is 35.5. The number of benzene rings is 1. The van der Waals surface area contributed by atoms with Gasteiger partial charge >= 0.3 is 0 Å². The minimum Gasteiger partial charge on any atom is -0.339 e.